The smallest absolute Gasteiger partial charge is 0.0179 e. The van der Waals surface area contributed by atoms with Crippen molar-refractivity contribution in [3.05, 3.63) is 0 Å². The minimum Gasteiger partial charge on any atom is -0.0887 e. The van der Waals surface area contributed by atoms with Crippen molar-refractivity contribution in [1.29, 1.82) is 0 Å². The molecule has 4 aliphatic carbocycles. The highest BCUT2D eigenvalue weighted by Gasteiger charge is 2.65. The Kier molecular flexibility index (Phi) is 2.23. The number of hydrogen-bond donors (Lipinski definition) is 0. The van der Waals surface area contributed by atoms with Crippen molar-refractivity contribution in [3.8, 4) is 0 Å². The zero-order valence-corrected chi connectivity index (χ0v) is 12.9. The van der Waals surface area contributed by atoms with Gasteiger partial charge in [0.15, 0.2) is 0 Å². The third-order valence-corrected chi connectivity index (χ3v) is 8.76. The lowest BCUT2D eigenvalue weighted by atomic mass is 9.52. The fourth-order valence-corrected chi connectivity index (χ4v) is 7.94. The first-order valence-electron chi connectivity index (χ1n) is 6.92. The van der Waals surface area contributed by atoms with Gasteiger partial charge >= 0.3 is 0 Å². The molecule has 0 nitrogen and oxygen atoms in total. The molecule has 0 aromatic heterocycles. The van der Waals surface area contributed by atoms with Crippen LogP contribution in [0.25, 0.3) is 0 Å². The van der Waals surface area contributed by atoms with Crippen LogP contribution in [-0.4, -0.2) is 9.65 Å². The minimum atomic E-state index is 0.753. The van der Waals surface area contributed by atoms with Gasteiger partial charge in [0.2, 0.25) is 0 Å². The molecule has 4 bridgehead atoms. The van der Waals surface area contributed by atoms with Crippen molar-refractivity contribution in [3.63, 3.8) is 0 Å². The standard InChI is InChI=1S/C14H20Br2/c15-11-7-14-4-2-10(6-14)12(16)8-13(14)3-1-9(11)5-13/h9-12H,1-8H2/t9-,10+,11-,12-,13-,14-/m1/s1. The Hall–Kier alpha value is 0.960. The van der Waals surface area contributed by atoms with Gasteiger partial charge in [0, 0.05) is 9.65 Å². The monoisotopic (exact) mass is 346 g/mol. The summed E-state index contributed by atoms with van der Waals surface area (Å²) in [4.78, 5) is 1.68. The van der Waals surface area contributed by atoms with Crippen molar-refractivity contribution in [2.45, 2.75) is 61.0 Å². The van der Waals surface area contributed by atoms with Gasteiger partial charge in [-0.15, -0.1) is 0 Å². The van der Waals surface area contributed by atoms with E-state index in [1.165, 1.54) is 51.4 Å². The minimum absolute atomic E-state index is 0.753. The predicted octanol–water partition coefficient (Wildman–Crippen LogP) is 4.89. The van der Waals surface area contributed by atoms with Gasteiger partial charge in [0.1, 0.15) is 0 Å². The molecular weight excluding hydrogens is 328 g/mol. The van der Waals surface area contributed by atoms with E-state index in [1.54, 1.807) is 0 Å². The van der Waals surface area contributed by atoms with Crippen LogP contribution in [-0.2, 0) is 0 Å². The van der Waals surface area contributed by atoms with E-state index in [1.807, 2.05) is 0 Å². The van der Waals surface area contributed by atoms with E-state index in [0.717, 1.165) is 32.3 Å². The van der Waals surface area contributed by atoms with Gasteiger partial charge in [-0.1, -0.05) is 31.9 Å². The molecule has 4 aliphatic rings. The largest absolute Gasteiger partial charge is 0.0887 e. The van der Waals surface area contributed by atoms with E-state index >= 15 is 0 Å². The molecule has 0 unspecified atom stereocenters. The van der Waals surface area contributed by atoms with Crippen molar-refractivity contribution in [2.24, 2.45) is 22.7 Å². The van der Waals surface area contributed by atoms with Crippen LogP contribution >= 0.6 is 31.9 Å². The van der Waals surface area contributed by atoms with Gasteiger partial charge in [-0.05, 0) is 74.0 Å². The quantitative estimate of drug-likeness (QED) is 0.547. The molecule has 0 saturated heterocycles. The van der Waals surface area contributed by atoms with E-state index in [2.05, 4.69) is 31.9 Å². The van der Waals surface area contributed by atoms with Crippen LogP contribution in [0.5, 0.6) is 0 Å². The lowest BCUT2D eigenvalue weighted by Crippen LogP contribution is -2.49. The van der Waals surface area contributed by atoms with E-state index in [-0.39, 0.29) is 0 Å². The van der Waals surface area contributed by atoms with Crippen LogP contribution < -0.4 is 0 Å². The summed E-state index contributed by atoms with van der Waals surface area (Å²) in [5.74, 6) is 2.00. The highest BCUT2D eigenvalue weighted by Crippen LogP contribution is 2.73. The Morgan fingerprint density at radius 3 is 1.56 bits per heavy atom. The lowest BCUT2D eigenvalue weighted by molar-refractivity contribution is -0.0242. The summed E-state index contributed by atoms with van der Waals surface area (Å²) in [5, 5.41) is 0. The van der Waals surface area contributed by atoms with E-state index in [0.29, 0.717) is 0 Å². The number of rotatable bonds is 0. The molecule has 0 N–H and O–H groups in total. The Bertz CT molecular complexity index is 297. The summed E-state index contributed by atoms with van der Waals surface area (Å²) in [6.45, 7) is 0. The van der Waals surface area contributed by atoms with Crippen LogP contribution in [0.4, 0.5) is 0 Å². The molecule has 16 heavy (non-hydrogen) atoms. The SMILES string of the molecule is Br[C@@H]1C[C@@]23CC[C@@H](C2)[C@H](Br)C[C@]32CC[C@@H]1C2. The van der Waals surface area contributed by atoms with E-state index < -0.39 is 0 Å². The lowest BCUT2D eigenvalue weighted by Gasteiger charge is -2.55. The molecule has 0 amide bonds. The van der Waals surface area contributed by atoms with Gasteiger partial charge in [-0.25, -0.2) is 0 Å². The average molecular weight is 348 g/mol. The van der Waals surface area contributed by atoms with Crippen molar-refractivity contribution >= 4 is 31.9 Å². The Balaban J connectivity index is 1.79. The number of alkyl halides is 2. The Morgan fingerprint density at radius 1 is 0.688 bits per heavy atom. The first-order chi connectivity index (χ1) is 7.64. The summed E-state index contributed by atoms with van der Waals surface area (Å²) in [7, 11) is 0. The Labute approximate surface area is 115 Å². The maximum Gasteiger partial charge on any atom is 0.0179 e. The summed E-state index contributed by atoms with van der Waals surface area (Å²) < 4.78 is 0. The van der Waals surface area contributed by atoms with Gasteiger partial charge < -0.3 is 0 Å². The molecule has 6 atom stereocenters. The molecule has 0 heterocycles. The molecule has 0 aromatic carbocycles. The molecular formula is C14H20Br2. The summed E-state index contributed by atoms with van der Waals surface area (Å²) >= 11 is 8.00. The second-order valence-corrected chi connectivity index (χ2v) is 9.36. The fraction of sp³-hybridized carbons (Fsp3) is 1.00. The van der Waals surface area contributed by atoms with Crippen LogP contribution in [0, 0.1) is 22.7 Å². The first-order valence-corrected chi connectivity index (χ1v) is 8.76. The molecule has 0 aromatic rings. The maximum absolute atomic E-state index is 4.00. The summed E-state index contributed by atoms with van der Waals surface area (Å²) in [5.41, 5.74) is 1.51. The van der Waals surface area contributed by atoms with Crippen LogP contribution in [0.2, 0.25) is 0 Å². The number of hydrogen-bond acceptors (Lipinski definition) is 0. The highest BCUT2D eigenvalue weighted by molar-refractivity contribution is 9.09. The fourth-order valence-electron chi connectivity index (χ4n) is 5.80. The first kappa shape index (κ1) is 10.8. The van der Waals surface area contributed by atoms with Gasteiger partial charge in [-0.3, -0.25) is 0 Å². The summed E-state index contributed by atoms with van der Waals surface area (Å²) in [6.07, 6.45) is 12.1. The average Bonchev–Trinajstić information content (AvgIpc) is 2.78. The normalized spacial score (nSPS) is 63.4. The highest BCUT2D eigenvalue weighted by atomic mass is 79.9. The molecule has 2 heteroatoms. The molecule has 2 spiro atoms. The molecule has 4 rings (SSSR count). The van der Waals surface area contributed by atoms with Gasteiger partial charge in [0.25, 0.3) is 0 Å². The third kappa shape index (κ3) is 1.17. The van der Waals surface area contributed by atoms with Crippen LogP contribution in [0.1, 0.15) is 51.4 Å². The summed E-state index contributed by atoms with van der Waals surface area (Å²) in [6, 6.07) is 0. The zero-order valence-electron chi connectivity index (χ0n) is 9.72. The van der Waals surface area contributed by atoms with Gasteiger partial charge in [-0.2, -0.15) is 0 Å². The van der Waals surface area contributed by atoms with Crippen LogP contribution in [0.3, 0.4) is 0 Å². The van der Waals surface area contributed by atoms with E-state index in [9.17, 15) is 0 Å². The zero-order chi connectivity index (χ0) is 11.0. The van der Waals surface area contributed by atoms with E-state index in [4.69, 9.17) is 0 Å². The molecule has 90 valence electrons. The van der Waals surface area contributed by atoms with Crippen molar-refractivity contribution in [2.75, 3.05) is 0 Å². The maximum atomic E-state index is 4.00. The Morgan fingerprint density at radius 2 is 1.12 bits per heavy atom. The number of halogens is 2. The second kappa shape index (κ2) is 3.29. The topological polar surface area (TPSA) is 0 Å². The molecule has 4 fully saturated rings. The third-order valence-electron chi connectivity index (χ3n) is 6.61. The van der Waals surface area contributed by atoms with Crippen molar-refractivity contribution < 1.29 is 0 Å². The molecule has 4 saturated carbocycles. The predicted molar refractivity (Wildman–Crippen MR) is 74.2 cm³/mol. The molecule has 0 aliphatic heterocycles. The molecule has 0 radical (unpaired) electrons. The van der Waals surface area contributed by atoms with Crippen molar-refractivity contribution in [1.82, 2.24) is 0 Å². The van der Waals surface area contributed by atoms with Gasteiger partial charge in [0.05, 0.1) is 0 Å². The van der Waals surface area contributed by atoms with Crippen LogP contribution in [0.15, 0.2) is 0 Å². The second-order valence-electron chi connectivity index (χ2n) is 7.01. The number of fused-ring (bicyclic) bond motifs is 2.